The Kier molecular flexibility index (Phi) is 5.49. The smallest absolute Gasteiger partial charge is 0.272 e. The lowest BCUT2D eigenvalue weighted by molar-refractivity contribution is -0.00715. The summed E-state index contributed by atoms with van der Waals surface area (Å²) in [6.45, 7) is 10.2. The molecule has 6 heteroatoms. The highest BCUT2D eigenvalue weighted by atomic mass is 16.5. The van der Waals surface area contributed by atoms with Crippen molar-refractivity contribution in [2.45, 2.75) is 52.2 Å². The highest BCUT2D eigenvalue weighted by Crippen LogP contribution is 2.32. The van der Waals surface area contributed by atoms with E-state index in [4.69, 9.17) is 4.74 Å². The Bertz CT molecular complexity index is 619. The van der Waals surface area contributed by atoms with E-state index in [2.05, 4.69) is 30.9 Å². The van der Waals surface area contributed by atoms with Gasteiger partial charge in [0.1, 0.15) is 5.69 Å². The van der Waals surface area contributed by atoms with Gasteiger partial charge in [-0.15, -0.1) is 0 Å². The van der Waals surface area contributed by atoms with Crippen molar-refractivity contribution in [3.63, 3.8) is 0 Å². The second-order valence-electron chi connectivity index (χ2n) is 7.72. The zero-order valence-electron chi connectivity index (χ0n) is 16.3. The van der Waals surface area contributed by atoms with E-state index in [1.165, 1.54) is 0 Å². The van der Waals surface area contributed by atoms with Crippen molar-refractivity contribution in [1.29, 1.82) is 0 Å². The van der Waals surface area contributed by atoms with Gasteiger partial charge in [0, 0.05) is 38.7 Å². The van der Waals surface area contributed by atoms with E-state index in [1.54, 1.807) is 4.68 Å². The summed E-state index contributed by atoms with van der Waals surface area (Å²) >= 11 is 0. The summed E-state index contributed by atoms with van der Waals surface area (Å²) in [5.41, 5.74) is 2.79. The van der Waals surface area contributed by atoms with Crippen LogP contribution >= 0.6 is 0 Å². The normalized spacial score (nSPS) is 24.6. The fourth-order valence-corrected chi connectivity index (χ4v) is 4.17. The minimum absolute atomic E-state index is 0.0400. The van der Waals surface area contributed by atoms with Crippen molar-refractivity contribution in [3.05, 3.63) is 17.0 Å². The van der Waals surface area contributed by atoms with E-state index in [9.17, 15) is 4.79 Å². The van der Waals surface area contributed by atoms with Gasteiger partial charge in [0.15, 0.2) is 0 Å². The first-order valence-electron chi connectivity index (χ1n) is 9.59. The number of aromatic nitrogens is 2. The van der Waals surface area contributed by atoms with E-state index < -0.39 is 0 Å². The summed E-state index contributed by atoms with van der Waals surface area (Å²) in [6, 6.07) is 0. The molecule has 0 spiro atoms. The van der Waals surface area contributed by atoms with Gasteiger partial charge in [0.05, 0.1) is 17.9 Å². The fraction of sp³-hybridized carbons (Fsp3) is 0.789. The minimum atomic E-state index is -0.0400. The third-order valence-electron chi connectivity index (χ3n) is 5.70. The number of piperidine rings is 1. The van der Waals surface area contributed by atoms with Gasteiger partial charge in [-0.25, -0.2) is 0 Å². The van der Waals surface area contributed by atoms with E-state index in [1.807, 2.05) is 18.9 Å². The van der Waals surface area contributed by atoms with Crippen LogP contribution in [0.4, 0.5) is 0 Å². The molecular formula is C19H32N4O2. The van der Waals surface area contributed by atoms with Crippen LogP contribution in [0.25, 0.3) is 0 Å². The number of carbonyl (C=O) groups is 1. The lowest BCUT2D eigenvalue weighted by atomic mass is 9.95. The molecule has 3 rings (SSSR count). The van der Waals surface area contributed by atoms with Crippen molar-refractivity contribution in [1.82, 2.24) is 19.6 Å². The molecule has 1 aromatic heterocycles. The van der Waals surface area contributed by atoms with Gasteiger partial charge in [0.2, 0.25) is 0 Å². The Hall–Kier alpha value is -1.40. The molecule has 0 aliphatic carbocycles. The highest BCUT2D eigenvalue weighted by molar-refractivity contribution is 5.94. The Balaban J connectivity index is 1.71. The molecule has 2 aliphatic rings. The van der Waals surface area contributed by atoms with Crippen LogP contribution in [0.5, 0.6) is 0 Å². The lowest BCUT2D eigenvalue weighted by Gasteiger charge is -2.34. The second kappa shape index (κ2) is 7.46. The summed E-state index contributed by atoms with van der Waals surface area (Å²) in [5, 5.41) is 4.59. The number of carbonyl (C=O) groups excluding carboxylic acids is 1. The van der Waals surface area contributed by atoms with Gasteiger partial charge in [-0.05, 0) is 46.2 Å². The zero-order valence-corrected chi connectivity index (χ0v) is 16.3. The SMILES string of the molecule is CCN(C)CC1CCN(C(=O)c2c3c(nn2C)[C@H](C)O[C@H](C)C3)CC1. The molecular weight excluding hydrogens is 316 g/mol. The van der Waals surface area contributed by atoms with Crippen LogP contribution in [-0.2, 0) is 18.2 Å². The van der Waals surface area contributed by atoms with Crippen LogP contribution in [0, 0.1) is 5.92 Å². The van der Waals surface area contributed by atoms with Crippen molar-refractivity contribution in [2.24, 2.45) is 13.0 Å². The predicted octanol–water partition coefficient (Wildman–Crippen LogP) is 2.25. The number of hydrogen-bond donors (Lipinski definition) is 0. The molecule has 0 unspecified atom stereocenters. The summed E-state index contributed by atoms with van der Waals surface area (Å²) in [4.78, 5) is 17.5. The Morgan fingerprint density at radius 1 is 1.32 bits per heavy atom. The molecule has 0 radical (unpaired) electrons. The van der Waals surface area contributed by atoms with Crippen LogP contribution in [-0.4, -0.2) is 64.8 Å². The first kappa shape index (κ1) is 18.4. The molecule has 0 bridgehead atoms. The highest BCUT2D eigenvalue weighted by Gasteiger charge is 2.34. The van der Waals surface area contributed by atoms with E-state index in [0.29, 0.717) is 5.92 Å². The Morgan fingerprint density at radius 3 is 2.64 bits per heavy atom. The number of likely N-dealkylation sites (tertiary alicyclic amines) is 1. The van der Waals surface area contributed by atoms with Crippen molar-refractivity contribution in [3.8, 4) is 0 Å². The molecule has 1 amide bonds. The average Bonchev–Trinajstić information content (AvgIpc) is 2.91. The predicted molar refractivity (Wildman–Crippen MR) is 97.7 cm³/mol. The molecule has 3 heterocycles. The largest absolute Gasteiger partial charge is 0.369 e. The first-order valence-corrected chi connectivity index (χ1v) is 9.59. The zero-order chi connectivity index (χ0) is 18.1. The van der Waals surface area contributed by atoms with Gasteiger partial charge >= 0.3 is 0 Å². The maximum atomic E-state index is 13.2. The van der Waals surface area contributed by atoms with Gasteiger partial charge in [-0.2, -0.15) is 5.10 Å². The standard InChI is InChI=1S/C19H32N4O2/c1-6-21(4)12-15-7-9-23(10-8-15)19(24)18-16-11-13(2)25-14(3)17(16)20-22(18)5/h13-15H,6-12H2,1-5H3/t13-,14+/m1/s1. The summed E-state index contributed by atoms with van der Waals surface area (Å²) in [5.74, 6) is 0.836. The number of hydrogen-bond acceptors (Lipinski definition) is 4. The van der Waals surface area contributed by atoms with Gasteiger partial charge in [-0.1, -0.05) is 6.92 Å². The quantitative estimate of drug-likeness (QED) is 0.837. The van der Waals surface area contributed by atoms with Crippen LogP contribution in [0.2, 0.25) is 0 Å². The maximum absolute atomic E-state index is 13.2. The molecule has 1 saturated heterocycles. The molecule has 140 valence electrons. The molecule has 6 nitrogen and oxygen atoms in total. The van der Waals surface area contributed by atoms with E-state index in [0.717, 1.165) is 62.4 Å². The van der Waals surface area contributed by atoms with E-state index in [-0.39, 0.29) is 18.1 Å². The van der Waals surface area contributed by atoms with Crippen LogP contribution < -0.4 is 0 Å². The Labute approximate surface area is 151 Å². The molecule has 1 aromatic rings. The third-order valence-corrected chi connectivity index (χ3v) is 5.70. The first-order chi connectivity index (χ1) is 11.9. The molecule has 25 heavy (non-hydrogen) atoms. The van der Waals surface area contributed by atoms with Gasteiger partial charge in [0.25, 0.3) is 5.91 Å². The van der Waals surface area contributed by atoms with Crippen LogP contribution in [0.1, 0.15) is 61.5 Å². The molecule has 0 N–H and O–H groups in total. The molecule has 2 atom stereocenters. The summed E-state index contributed by atoms with van der Waals surface area (Å²) < 4.78 is 7.63. The van der Waals surface area contributed by atoms with Gasteiger partial charge in [-0.3, -0.25) is 9.48 Å². The number of aryl methyl sites for hydroxylation is 1. The van der Waals surface area contributed by atoms with Crippen LogP contribution in [0.15, 0.2) is 0 Å². The molecule has 1 fully saturated rings. The fourth-order valence-electron chi connectivity index (χ4n) is 4.17. The minimum Gasteiger partial charge on any atom is -0.369 e. The monoisotopic (exact) mass is 348 g/mol. The summed E-state index contributed by atoms with van der Waals surface area (Å²) in [6.07, 6.45) is 3.04. The molecule has 0 aromatic carbocycles. The van der Waals surface area contributed by atoms with E-state index >= 15 is 0 Å². The number of ether oxygens (including phenoxy) is 1. The third kappa shape index (κ3) is 3.75. The number of rotatable bonds is 4. The van der Waals surface area contributed by atoms with Crippen LogP contribution in [0.3, 0.4) is 0 Å². The topological polar surface area (TPSA) is 50.6 Å². The molecule has 0 saturated carbocycles. The summed E-state index contributed by atoms with van der Waals surface area (Å²) in [7, 11) is 4.05. The van der Waals surface area contributed by atoms with Crippen molar-refractivity contribution >= 4 is 5.91 Å². The Morgan fingerprint density at radius 2 is 2.00 bits per heavy atom. The second-order valence-corrected chi connectivity index (χ2v) is 7.72. The molecule has 2 aliphatic heterocycles. The number of amides is 1. The maximum Gasteiger partial charge on any atom is 0.272 e. The average molecular weight is 348 g/mol. The van der Waals surface area contributed by atoms with Gasteiger partial charge < -0.3 is 14.5 Å². The number of fused-ring (bicyclic) bond motifs is 1. The number of nitrogens with zero attached hydrogens (tertiary/aromatic N) is 4. The van der Waals surface area contributed by atoms with Crippen molar-refractivity contribution < 1.29 is 9.53 Å². The lowest BCUT2D eigenvalue weighted by Crippen LogP contribution is -2.42. The van der Waals surface area contributed by atoms with Crippen molar-refractivity contribution in [2.75, 3.05) is 33.2 Å².